The second-order valence-electron chi connectivity index (χ2n) is 3.53. The maximum absolute atomic E-state index is 11.2. The fourth-order valence-corrected chi connectivity index (χ4v) is 1.33. The molecule has 2 N–H and O–H groups in total. The second-order valence-corrected chi connectivity index (χ2v) is 3.53. The Labute approximate surface area is 102 Å². The van der Waals surface area contributed by atoms with Gasteiger partial charge in [-0.1, -0.05) is 29.8 Å². The highest BCUT2D eigenvalue weighted by Gasteiger charge is 2.11. The number of halogens is 1. The zero-order valence-corrected chi connectivity index (χ0v) is 10.4. The Morgan fingerprint density at radius 1 is 1.38 bits per heavy atom. The molecule has 0 aliphatic rings. The van der Waals surface area contributed by atoms with Gasteiger partial charge in [0.15, 0.2) is 0 Å². The van der Waals surface area contributed by atoms with Crippen molar-refractivity contribution in [1.82, 2.24) is 0 Å². The first-order valence-electron chi connectivity index (χ1n) is 5.11. The van der Waals surface area contributed by atoms with Crippen LogP contribution in [-0.4, -0.2) is 12.6 Å². The summed E-state index contributed by atoms with van der Waals surface area (Å²) in [6.45, 7) is 4.20. The fourth-order valence-electron chi connectivity index (χ4n) is 1.33. The van der Waals surface area contributed by atoms with Gasteiger partial charge in [-0.05, 0) is 19.4 Å². The lowest BCUT2D eigenvalue weighted by molar-refractivity contribution is -0.143. The molecular weight excluding hydrogens is 226 g/mol. The fraction of sp³-hybridized carbons (Fsp3) is 0.417. The van der Waals surface area contributed by atoms with Crippen molar-refractivity contribution < 1.29 is 9.53 Å². The van der Waals surface area contributed by atoms with Crippen LogP contribution in [0.25, 0.3) is 0 Å². The number of rotatable bonds is 4. The van der Waals surface area contributed by atoms with Crippen molar-refractivity contribution in [2.75, 3.05) is 6.61 Å². The molecule has 1 aromatic carbocycles. The Morgan fingerprint density at radius 2 is 1.94 bits per heavy atom. The summed E-state index contributed by atoms with van der Waals surface area (Å²) in [6, 6.07) is 7.59. The monoisotopic (exact) mass is 243 g/mol. The van der Waals surface area contributed by atoms with Crippen LogP contribution in [0.1, 0.15) is 30.5 Å². The highest BCUT2D eigenvalue weighted by atomic mass is 35.5. The average molecular weight is 244 g/mol. The standard InChI is InChI=1S/C12H17NO2.ClH/c1-3-15-12(14)8-11(13)10-6-4-9(2)5-7-10;/h4-7,11H,3,8,13H2,1-2H3;1H/t11-;/m0./s1. The molecule has 0 saturated carbocycles. The number of carbonyl (C=O) groups is 1. The Balaban J connectivity index is 0.00000225. The molecule has 90 valence electrons. The smallest absolute Gasteiger partial charge is 0.307 e. The number of ether oxygens (including phenoxy) is 1. The van der Waals surface area contributed by atoms with Crippen molar-refractivity contribution in [1.29, 1.82) is 0 Å². The number of aryl methyl sites for hydroxylation is 1. The number of hydrogen-bond acceptors (Lipinski definition) is 3. The largest absolute Gasteiger partial charge is 0.466 e. The molecule has 0 unspecified atom stereocenters. The van der Waals surface area contributed by atoms with Crippen LogP contribution in [0.2, 0.25) is 0 Å². The predicted octanol–water partition coefficient (Wildman–Crippen LogP) is 2.37. The van der Waals surface area contributed by atoms with Gasteiger partial charge in [-0.2, -0.15) is 0 Å². The third-order valence-corrected chi connectivity index (χ3v) is 2.20. The van der Waals surface area contributed by atoms with Gasteiger partial charge in [-0.25, -0.2) is 0 Å². The SMILES string of the molecule is CCOC(=O)C[C@H](N)c1ccc(C)cc1.Cl. The van der Waals surface area contributed by atoms with Gasteiger partial charge in [0.05, 0.1) is 13.0 Å². The van der Waals surface area contributed by atoms with Crippen LogP contribution >= 0.6 is 12.4 Å². The molecule has 0 aromatic heterocycles. The Bertz CT molecular complexity index is 324. The molecule has 3 nitrogen and oxygen atoms in total. The van der Waals surface area contributed by atoms with Gasteiger partial charge >= 0.3 is 5.97 Å². The normalized spacial score (nSPS) is 11.4. The molecule has 0 radical (unpaired) electrons. The molecule has 0 aliphatic heterocycles. The van der Waals surface area contributed by atoms with Gasteiger partial charge in [-0.3, -0.25) is 4.79 Å². The molecular formula is C12H18ClNO2. The van der Waals surface area contributed by atoms with E-state index in [-0.39, 0.29) is 30.8 Å². The van der Waals surface area contributed by atoms with Crippen molar-refractivity contribution in [3.8, 4) is 0 Å². The summed E-state index contributed by atoms with van der Waals surface area (Å²) in [6.07, 6.45) is 0.233. The lowest BCUT2D eigenvalue weighted by Crippen LogP contribution is -2.17. The third-order valence-electron chi connectivity index (χ3n) is 2.20. The van der Waals surface area contributed by atoms with E-state index in [1.54, 1.807) is 6.92 Å². The minimum Gasteiger partial charge on any atom is -0.466 e. The van der Waals surface area contributed by atoms with Crippen molar-refractivity contribution in [3.05, 3.63) is 35.4 Å². The van der Waals surface area contributed by atoms with E-state index < -0.39 is 0 Å². The van der Waals surface area contributed by atoms with Crippen LogP contribution in [0.5, 0.6) is 0 Å². The number of benzene rings is 1. The van der Waals surface area contributed by atoms with Gasteiger partial charge < -0.3 is 10.5 Å². The minimum absolute atomic E-state index is 0. The van der Waals surface area contributed by atoms with Gasteiger partial charge in [-0.15, -0.1) is 12.4 Å². The van der Waals surface area contributed by atoms with Crippen molar-refractivity contribution >= 4 is 18.4 Å². The Morgan fingerprint density at radius 3 is 2.44 bits per heavy atom. The molecule has 0 spiro atoms. The summed E-state index contributed by atoms with van der Waals surface area (Å²) < 4.78 is 4.84. The number of carbonyl (C=O) groups excluding carboxylic acids is 1. The molecule has 0 heterocycles. The molecule has 16 heavy (non-hydrogen) atoms. The maximum Gasteiger partial charge on any atom is 0.307 e. The van der Waals surface area contributed by atoms with E-state index >= 15 is 0 Å². The topological polar surface area (TPSA) is 52.3 Å². The first-order chi connectivity index (χ1) is 7.13. The summed E-state index contributed by atoms with van der Waals surface area (Å²) >= 11 is 0. The van der Waals surface area contributed by atoms with Crippen LogP contribution in [0.4, 0.5) is 0 Å². The Kier molecular flexibility index (Phi) is 6.77. The molecule has 0 amide bonds. The van der Waals surface area contributed by atoms with Gasteiger partial charge in [0, 0.05) is 6.04 Å². The molecule has 0 aliphatic carbocycles. The summed E-state index contributed by atoms with van der Waals surface area (Å²) in [5, 5.41) is 0. The van der Waals surface area contributed by atoms with Crippen LogP contribution in [0, 0.1) is 6.92 Å². The molecule has 0 saturated heterocycles. The van der Waals surface area contributed by atoms with Crippen molar-refractivity contribution in [2.24, 2.45) is 5.73 Å². The highest BCUT2D eigenvalue weighted by molar-refractivity contribution is 5.85. The van der Waals surface area contributed by atoms with Gasteiger partial charge in [0.25, 0.3) is 0 Å². The quantitative estimate of drug-likeness (QED) is 0.826. The predicted molar refractivity (Wildman–Crippen MR) is 66.6 cm³/mol. The van der Waals surface area contributed by atoms with Gasteiger partial charge in [0.1, 0.15) is 0 Å². The van der Waals surface area contributed by atoms with Crippen LogP contribution in [0.15, 0.2) is 24.3 Å². The summed E-state index contributed by atoms with van der Waals surface area (Å²) in [7, 11) is 0. The summed E-state index contributed by atoms with van der Waals surface area (Å²) in [5.41, 5.74) is 8.02. The number of esters is 1. The van der Waals surface area contributed by atoms with Gasteiger partial charge in [0.2, 0.25) is 0 Å². The average Bonchev–Trinajstić information content (AvgIpc) is 2.18. The van der Waals surface area contributed by atoms with E-state index in [1.165, 1.54) is 5.56 Å². The van der Waals surface area contributed by atoms with Crippen LogP contribution in [-0.2, 0) is 9.53 Å². The van der Waals surface area contributed by atoms with E-state index in [9.17, 15) is 4.79 Å². The van der Waals surface area contributed by atoms with Crippen molar-refractivity contribution in [3.63, 3.8) is 0 Å². The van der Waals surface area contributed by atoms with E-state index in [1.807, 2.05) is 31.2 Å². The zero-order chi connectivity index (χ0) is 11.3. The molecule has 0 bridgehead atoms. The maximum atomic E-state index is 11.2. The molecule has 4 heteroatoms. The van der Waals surface area contributed by atoms with E-state index in [2.05, 4.69) is 0 Å². The molecule has 0 fully saturated rings. The lowest BCUT2D eigenvalue weighted by atomic mass is 10.0. The summed E-state index contributed by atoms with van der Waals surface area (Å²) in [4.78, 5) is 11.2. The lowest BCUT2D eigenvalue weighted by Gasteiger charge is -2.11. The zero-order valence-electron chi connectivity index (χ0n) is 9.60. The highest BCUT2D eigenvalue weighted by Crippen LogP contribution is 2.15. The van der Waals surface area contributed by atoms with E-state index in [4.69, 9.17) is 10.5 Å². The van der Waals surface area contributed by atoms with E-state index in [0.29, 0.717) is 6.61 Å². The molecule has 1 aromatic rings. The first-order valence-corrected chi connectivity index (χ1v) is 5.11. The first kappa shape index (κ1) is 14.9. The summed E-state index contributed by atoms with van der Waals surface area (Å²) in [5.74, 6) is -0.245. The number of hydrogen-bond donors (Lipinski definition) is 1. The Hall–Kier alpha value is -1.06. The van der Waals surface area contributed by atoms with Crippen LogP contribution < -0.4 is 5.73 Å². The van der Waals surface area contributed by atoms with E-state index in [0.717, 1.165) is 5.56 Å². The molecule has 1 rings (SSSR count). The molecule has 1 atom stereocenters. The van der Waals surface area contributed by atoms with Crippen LogP contribution in [0.3, 0.4) is 0 Å². The minimum atomic E-state index is -0.273. The third kappa shape index (κ3) is 4.64. The van der Waals surface area contributed by atoms with Crippen molar-refractivity contribution in [2.45, 2.75) is 26.3 Å². The number of nitrogens with two attached hydrogens (primary N) is 1. The second kappa shape index (κ2) is 7.25.